The van der Waals surface area contributed by atoms with Gasteiger partial charge >= 0.3 is 0 Å². The number of nitrogens with two attached hydrogens (primary N) is 1. The lowest BCUT2D eigenvalue weighted by Gasteiger charge is -1.98. The molecule has 4 nitrogen and oxygen atoms in total. The van der Waals surface area contributed by atoms with Gasteiger partial charge in [0.2, 0.25) is 5.91 Å². The highest BCUT2D eigenvalue weighted by atomic mass is 16.1. The standard InChI is InChI=1S/C12H13N3O/c13-8-11(12(14)16)9-15-7-6-10-4-2-1-3-5-10/h1-5,9,11H,6-7H2,(H2,14,16). The Hall–Kier alpha value is -2.15. The Bertz CT molecular complexity index is 406. The Morgan fingerprint density at radius 3 is 2.75 bits per heavy atom. The minimum atomic E-state index is -0.921. The summed E-state index contributed by atoms with van der Waals surface area (Å²) in [6.07, 6.45) is 2.10. The van der Waals surface area contributed by atoms with Crippen LogP contribution in [0.15, 0.2) is 35.3 Å². The lowest BCUT2D eigenvalue weighted by molar-refractivity contribution is -0.118. The maximum absolute atomic E-state index is 10.7. The maximum Gasteiger partial charge on any atom is 0.240 e. The predicted octanol–water partition coefficient (Wildman–Crippen LogP) is 0.925. The molecule has 0 aliphatic carbocycles. The van der Waals surface area contributed by atoms with Crippen LogP contribution in [-0.4, -0.2) is 18.7 Å². The fourth-order valence-corrected chi connectivity index (χ4v) is 1.19. The normalized spacial score (nSPS) is 12.2. The minimum Gasteiger partial charge on any atom is -0.368 e. The molecular formula is C12H13N3O. The maximum atomic E-state index is 10.7. The molecule has 0 saturated carbocycles. The van der Waals surface area contributed by atoms with Crippen LogP contribution < -0.4 is 5.73 Å². The lowest BCUT2D eigenvalue weighted by atomic mass is 10.1. The first-order chi connectivity index (χ1) is 7.74. The van der Waals surface area contributed by atoms with E-state index in [1.54, 1.807) is 6.07 Å². The summed E-state index contributed by atoms with van der Waals surface area (Å²) in [5.74, 6) is -1.58. The molecule has 1 unspecified atom stereocenters. The van der Waals surface area contributed by atoms with Gasteiger partial charge in [0.1, 0.15) is 0 Å². The van der Waals surface area contributed by atoms with E-state index in [0.29, 0.717) is 6.54 Å². The molecule has 0 aromatic heterocycles. The van der Waals surface area contributed by atoms with Crippen LogP contribution in [0.5, 0.6) is 0 Å². The van der Waals surface area contributed by atoms with Crippen LogP contribution in [0.2, 0.25) is 0 Å². The van der Waals surface area contributed by atoms with E-state index >= 15 is 0 Å². The average molecular weight is 215 g/mol. The van der Waals surface area contributed by atoms with Gasteiger partial charge in [-0.1, -0.05) is 30.3 Å². The molecule has 0 bridgehead atoms. The molecule has 0 aliphatic heterocycles. The van der Waals surface area contributed by atoms with Gasteiger partial charge in [-0.05, 0) is 12.0 Å². The van der Waals surface area contributed by atoms with E-state index in [4.69, 9.17) is 11.0 Å². The van der Waals surface area contributed by atoms with Crippen molar-refractivity contribution in [3.63, 3.8) is 0 Å². The number of nitriles is 1. The Morgan fingerprint density at radius 2 is 2.19 bits per heavy atom. The van der Waals surface area contributed by atoms with Crippen molar-refractivity contribution in [2.45, 2.75) is 6.42 Å². The zero-order valence-corrected chi connectivity index (χ0v) is 8.84. The highest BCUT2D eigenvalue weighted by Gasteiger charge is 2.09. The molecule has 1 aromatic rings. The van der Waals surface area contributed by atoms with Crippen LogP contribution in [0.25, 0.3) is 0 Å². The zero-order valence-electron chi connectivity index (χ0n) is 8.84. The van der Waals surface area contributed by atoms with E-state index in [-0.39, 0.29) is 0 Å². The summed E-state index contributed by atoms with van der Waals surface area (Å²) in [7, 11) is 0. The fourth-order valence-electron chi connectivity index (χ4n) is 1.19. The quantitative estimate of drug-likeness (QED) is 0.741. The van der Waals surface area contributed by atoms with Crippen molar-refractivity contribution in [1.29, 1.82) is 5.26 Å². The molecular weight excluding hydrogens is 202 g/mol. The van der Waals surface area contributed by atoms with Crippen molar-refractivity contribution < 1.29 is 4.79 Å². The van der Waals surface area contributed by atoms with E-state index in [9.17, 15) is 4.79 Å². The van der Waals surface area contributed by atoms with Crippen LogP contribution in [0.4, 0.5) is 0 Å². The summed E-state index contributed by atoms with van der Waals surface area (Å²) < 4.78 is 0. The van der Waals surface area contributed by atoms with Crippen molar-refractivity contribution in [2.75, 3.05) is 6.54 Å². The van der Waals surface area contributed by atoms with E-state index < -0.39 is 11.8 Å². The molecule has 1 atom stereocenters. The van der Waals surface area contributed by atoms with E-state index in [0.717, 1.165) is 6.42 Å². The van der Waals surface area contributed by atoms with Crippen molar-refractivity contribution in [3.8, 4) is 6.07 Å². The van der Waals surface area contributed by atoms with Gasteiger partial charge in [-0.15, -0.1) is 0 Å². The molecule has 0 radical (unpaired) electrons. The largest absolute Gasteiger partial charge is 0.368 e. The van der Waals surface area contributed by atoms with Gasteiger partial charge in [-0.3, -0.25) is 9.79 Å². The molecule has 0 fully saturated rings. The van der Waals surface area contributed by atoms with Crippen LogP contribution in [0.3, 0.4) is 0 Å². The molecule has 0 spiro atoms. The smallest absolute Gasteiger partial charge is 0.240 e. The predicted molar refractivity (Wildman–Crippen MR) is 61.8 cm³/mol. The number of nitrogens with zero attached hydrogens (tertiary/aromatic N) is 2. The van der Waals surface area contributed by atoms with Gasteiger partial charge in [-0.2, -0.15) is 5.26 Å². The van der Waals surface area contributed by atoms with Gasteiger partial charge in [0, 0.05) is 12.8 Å². The first-order valence-corrected chi connectivity index (χ1v) is 4.97. The van der Waals surface area contributed by atoms with Gasteiger partial charge in [0.05, 0.1) is 6.07 Å². The van der Waals surface area contributed by atoms with Crippen LogP contribution >= 0.6 is 0 Å². The number of hydrogen-bond acceptors (Lipinski definition) is 3. The number of aliphatic imine (C=N–C) groups is 1. The monoisotopic (exact) mass is 215 g/mol. The molecule has 82 valence electrons. The zero-order chi connectivity index (χ0) is 11.8. The number of benzene rings is 1. The molecule has 16 heavy (non-hydrogen) atoms. The fraction of sp³-hybridized carbons (Fsp3) is 0.250. The molecule has 1 aromatic carbocycles. The number of carbonyl (C=O) groups is 1. The first kappa shape index (κ1) is 11.9. The number of carbonyl (C=O) groups excluding carboxylic acids is 1. The minimum absolute atomic E-state index is 0.551. The molecule has 0 aliphatic rings. The van der Waals surface area contributed by atoms with Crippen molar-refractivity contribution in [2.24, 2.45) is 16.6 Å². The summed E-state index contributed by atoms with van der Waals surface area (Å²) in [6, 6.07) is 11.7. The van der Waals surface area contributed by atoms with Crippen molar-refractivity contribution >= 4 is 12.1 Å². The Balaban J connectivity index is 2.39. The second kappa shape index (κ2) is 6.36. The van der Waals surface area contributed by atoms with Crippen LogP contribution in [0, 0.1) is 17.2 Å². The lowest BCUT2D eigenvalue weighted by Crippen LogP contribution is -2.22. The number of amides is 1. The van der Waals surface area contributed by atoms with Crippen LogP contribution in [0.1, 0.15) is 5.56 Å². The molecule has 0 saturated heterocycles. The second-order valence-electron chi connectivity index (χ2n) is 3.30. The highest BCUT2D eigenvalue weighted by molar-refractivity contribution is 5.95. The van der Waals surface area contributed by atoms with Gasteiger partial charge < -0.3 is 5.73 Å². The summed E-state index contributed by atoms with van der Waals surface area (Å²) in [5.41, 5.74) is 6.16. The summed E-state index contributed by atoms with van der Waals surface area (Å²) >= 11 is 0. The van der Waals surface area contributed by atoms with Crippen molar-refractivity contribution in [1.82, 2.24) is 0 Å². The third-order valence-corrected chi connectivity index (χ3v) is 2.07. The molecule has 0 heterocycles. The summed E-state index contributed by atoms with van der Waals surface area (Å²) in [4.78, 5) is 14.7. The van der Waals surface area contributed by atoms with E-state index in [2.05, 4.69) is 4.99 Å². The van der Waals surface area contributed by atoms with Crippen LogP contribution in [-0.2, 0) is 11.2 Å². The topological polar surface area (TPSA) is 79.2 Å². The SMILES string of the molecule is N#CC(C=NCCc1ccccc1)C(N)=O. The Morgan fingerprint density at radius 1 is 1.50 bits per heavy atom. The second-order valence-corrected chi connectivity index (χ2v) is 3.30. The summed E-state index contributed by atoms with van der Waals surface area (Å²) in [6.45, 7) is 0.551. The third kappa shape index (κ3) is 3.93. The average Bonchev–Trinajstić information content (AvgIpc) is 2.30. The van der Waals surface area contributed by atoms with E-state index in [1.165, 1.54) is 11.8 Å². The van der Waals surface area contributed by atoms with Crippen molar-refractivity contribution in [3.05, 3.63) is 35.9 Å². The number of rotatable bonds is 5. The Kier molecular flexibility index (Phi) is 4.74. The highest BCUT2D eigenvalue weighted by Crippen LogP contribution is 1.99. The first-order valence-electron chi connectivity index (χ1n) is 4.97. The number of primary amides is 1. The molecule has 4 heteroatoms. The van der Waals surface area contributed by atoms with E-state index in [1.807, 2.05) is 30.3 Å². The van der Waals surface area contributed by atoms with Gasteiger partial charge in [-0.25, -0.2) is 0 Å². The third-order valence-electron chi connectivity index (χ3n) is 2.07. The number of hydrogen-bond donors (Lipinski definition) is 1. The summed E-state index contributed by atoms with van der Waals surface area (Å²) in [5, 5.41) is 8.57. The molecule has 1 rings (SSSR count). The van der Waals surface area contributed by atoms with Gasteiger partial charge in [0.15, 0.2) is 5.92 Å². The Labute approximate surface area is 94.4 Å². The molecule has 1 amide bonds. The molecule has 2 N–H and O–H groups in total. The van der Waals surface area contributed by atoms with Gasteiger partial charge in [0.25, 0.3) is 0 Å².